The van der Waals surface area contributed by atoms with Crippen LogP contribution in [0.3, 0.4) is 0 Å². The van der Waals surface area contributed by atoms with Crippen LogP contribution >= 0.6 is 11.3 Å². The predicted octanol–water partition coefficient (Wildman–Crippen LogP) is 2.42. The molecule has 1 amide bonds. The van der Waals surface area contributed by atoms with Gasteiger partial charge in [-0.05, 0) is 35.0 Å². The monoisotopic (exact) mass is 329 g/mol. The number of alkyl halides is 3. The lowest BCUT2D eigenvalue weighted by Crippen LogP contribution is -3.08. The van der Waals surface area contributed by atoms with Crippen molar-refractivity contribution in [1.82, 2.24) is 0 Å². The van der Waals surface area contributed by atoms with E-state index in [0.29, 0.717) is 6.54 Å². The van der Waals surface area contributed by atoms with Crippen molar-refractivity contribution in [3.05, 3.63) is 52.2 Å². The topological polar surface area (TPSA) is 33.5 Å². The molecule has 1 aromatic carbocycles. The first-order valence-corrected chi connectivity index (χ1v) is 7.58. The van der Waals surface area contributed by atoms with Crippen LogP contribution in [0.25, 0.3) is 0 Å². The fraction of sp³-hybridized carbons (Fsp3) is 0.267. The molecule has 7 heteroatoms. The third kappa shape index (κ3) is 4.85. The number of rotatable bonds is 5. The number of thiophene rings is 1. The summed E-state index contributed by atoms with van der Waals surface area (Å²) in [6, 6.07) is 6.62. The molecule has 22 heavy (non-hydrogen) atoms. The lowest BCUT2D eigenvalue weighted by Gasteiger charge is -2.14. The molecule has 0 aliphatic rings. The summed E-state index contributed by atoms with van der Waals surface area (Å²) in [5.41, 5.74) is 0.516. The number of likely N-dealkylation sites (N-methyl/N-ethyl adjacent to an activating group) is 1. The number of carbonyl (C=O) groups excluding carboxylic acids is 1. The van der Waals surface area contributed by atoms with Gasteiger partial charge in [0.15, 0.2) is 6.54 Å². The lowest BCUT2D eigenvalue weighted by molar-refractivity contribution is -0.885. The number of halogens is 3. The predicted molar refractivity (Wildman–Crippen MR) is 79.9 cm³/mol. The first-order valence-electron chi connectivity index (χ1n) is 6.64. The molecule has 2 rings (SSSR count). The third-order valence-electron chi connectivity index (χ3n) is 3.02. The second-order valence-electron chi connectivity index (χ2n) is 5.07. The Bertz CT molecular complexity index is 626. The summed E-state index contributed by atoms with van der Waals surface area (Å²) >= 11 is 1.59. The fourth-order valence-corrected chi connectivity index (χ4v) is 2.73. The van der Waals surface area contributed by atoms with Gasteiger partial charge in [0.25, 0.3) is 5.91 Å². The molecule has 2 N–H and O–H groups in total. The van der Waals surface area contributed by atoms with E-state index in [4.69, 9.17) is 0 Å². The fourth-order valence-electron chi connectivity index (χ4n) is 2.06. The van der Waals surface area contributed by atoms with Crippen LogP contribution < -0.4 is 10.2 Å². The van der Waals surface area contributed by atoms with Gasteiger partial charge in [0.1, 0.15) is 6.54 Å². The van der Waals surface area contributed by atoms with Crippen molar-refractivity contribution >= 4 is 22.9 Å². The van der Waals surface area contributed by atoms with Gasteiger partial charge in [0.2, 0.25) is 0 Å². The molecule has 0 saturated carbocycles. The van der Waals surface area contributed by atoms with E-state index in [-0.39, 0.29) is 18.1 Å². The van der Waals surface area contributed by atoms with Crippen molar-refractivity contribution in [2.24, 2.45) is 0 Å². The Kier molecular flexibility index (Phi) is 5.20. The van der Waals surface area contributed by atoms with Gasteiger partial charge in [-0.2, -0.15) is 24.5 Å². The zero-order chi connectivity index (χ0) is 16.2. The third-order valence-corrected chi connectivity index (χ3v) is 3.75. The van der Waals surface area contributed by atoms with Crippen LogP contribution in [-0.4, -0.2) is 19.5 Å². The van der Waals surface area contributed by atoms with Gasteiger partial charge in [-0.15, -0.1) is 0 Å². The molecule has 0 saturated heterocycles. The first-order chi connectivity index (χ1) is 10.3. The molecule has 3 nitrogen and oxygen atoms in total. The Morgan fingerprint density at radius 2 is 2.09 bits per heavy atom. The van der Waals surface area contributed by atoms with Crippen LogP contribution in [0.4, 0.5) is 18.9 Å². The maximum absolute atomic E-state index is 12.6. The largest absolute Gasteiger partial charge is 0.416 e. The molecule has 1 heterocycles. The Morgan fingerprint density at radius 3 is 2.73 bits per heavy atom. The summed E-state index contributed by atoms with van der Waals surface area (Å²) in [7, 11) is 1.86. The molecule has 0 radical (unpaired) electrons. The van der Waals surface area contributed by atoms with Gasteiger partial charge < -0.3 is 10.2 Å². The van der Waals surface area contributed by atoms with Gasteiger partial charge in [0.05, 0.1) is 12.6 Å². The smallest absolute Gasteiger partial charge is 0.326 e. The lowest BCUT2D eigenvalue weighted by atomic mass is 10.2. The number of benzene rings is 1. The highest BCUT2D eigenvalue weighted by molar-refractivity contribution is 7.07. The van der Waals surface area contributed by atoms with Crippen molar-refractivity contribution in [2.45, 2.75) is 12.7 Å². The molecule has 0 fully saturated rings. The molecule has 0 bridgehead atoms. The second kappa shape index (κ2) is 6.93. The van der Waals surface area contributed by atoms with E-state index in [1.807, 2.05) is 23.9 Å². The van der Waals surface area contributed by atoms with Crippen LogP contribution in [0.1, 0.15) is 11.1 Å². The van der Waals surface area contributed by atoms with Gasteiger partial charge in [-0.3, -0.25) is 4.79 Å². The van der Waals surface area contributed by atoms with Crippen molar-refractivity contribution in [2.75, 3.05) is 18.9 Å². The maximum atomic E-state index is 12.6. The Hall–Kier alpha value is -1.86. The minimum absolute atomic E-state index is 0.156. The van der Waals surface area contributed by atoms with Gasteiger partial charge in [-0.25, -0.2) is 0 Å². The Morgan fingerprint density at radius 1 is 1.32 bits per heavy atom. The van der Waals surface area contributed by atoms with E-state index < -0.39 is 11.7 Å². The highest BCUT2D eigenvalue weighted by Gasteiger charge is 2.30. The van der Waals surface area contributed by atoms with Crippen LogP contribution in [-0.2, 0) is 17.5 Å². The second-order valence-corrected chi connectivity index (χ2v) is 5.85. The molecule has 2 aromatic rings. The summed E-state index contributed by atoms with van der Waals surface area (Å²) in [5.74, 6) is -0.313. The number of amides is 1. The Balaban J connectivity index is 1.91. The molecule has 0 aliphatic carbocycles. The Labute approximate surface area is 130 Å². The van der Waals surface area contributed by atoms with Crippen LogP contribution in [0.15, 0.2) is 41.1 Å². The molecular weight excluding hydrogens is 313 g/mol. The van der Waals surface area contributed by atoms with Gasteiger partial charge in [-0.1, -0.05) is 6.07 Å². The van der Waals surface area contributed by atoms with Crippen molar-refractivity contribution in [1.29, 1.82) is 0 Å². The normalized spacial score (nSPS) is 12.9. The van der Waals surface area contributed by atoms with E-state index >= 15 is 0 Å². The van der Waals surface area contributed by atoms with E-state index in [1.54, 1.807) is 11.3 Å². The molecule has 118 valence electrons. The standard InChI is InChI=1S/C15H15F3N2OS/c1-20(8-11-5-6-22-10-11)9-14(21)19-13-4-2-3-12(7-13)15(16,17)18/h2-7,10H,8-9H2,1H3,(H,19,21)/p+1. The minimum Gasteiger partial charge on any atom is -0.326 e. The van der Waals surface area contributed by atoms with E-state index in [0.717, 1.165) is 22.6 Å². The molecule has 1 unspecified atom stereocenters. The zero-order valence-electron chi connectivity index (χ0n) is 11.9. The number of nitrogens with one attached hydrogen (secondary N) is 2. The quantitative estimate of drug-likeness (QED) is 0.868. The molecule has 0 spiro atoms. The SMILES string of the molecule is C[NH+](CC(=O)Nc1cccc(C(F)(F)F)c1)Cc1ccsc1. The van der Waals surface area contributed by atoms with E-state index in [9.17, 15) is 18.0 Å². The maximum Gasteiger partial charge on any atom is 0.416 e. The molecule has 0 aliphatic heterocycles. The van der Waals surface area contributed by atoms with Crippen LogP contribution in [0, 0.1) is 0 Å². The van der Waals surface area contributed by atoms with Gasteiger partial charge in [0, 0.05) is 11.3 Å². The molecule has 1 aromatic heterocycles. The summed E-state index contributed by atoms with van der Waals surface area (Å²) < 4.78 is 37.8. The first kappa shape index (κ1) is 16.5. The number of quaternary nitrogens is 1. The zero-order valence-corrected chi connectivity index (χ0v) is 12.7. The summed E-state index contributed by atoms with van der Waals surface area (Å²) in [6.07, 6.45) is -4.41. The molecular formula is C15H16F3N2OS+. The van der Waals surface area contributed by atoms with Crippen molar-refractivity contribution in [3.63, 3.8) is 0 Å². The van der Waals surface area contributed by atoms with Crippen LogP contribution in [0.5, 0.6) is 0 Å². The van der Waals surface area contributed by atoms with Crippen LogP contribution in [0.2, 0.25) is 0 Å². The van der Waals surface area contributed by atoms with Crippen molar-refractivity contribution < 1.29 is 22.9 Å². The summed E-state index contributed by atoms with van der Waals surface area (Å²) in [6.45, 7) is 0.881. The average molecular weight is 329 g/mol. The number of hydrogen-bond donors (Lipinski definition) is 2. The van der Waals surface area contributed by atoms with E-state index in [2.05, 4.69) is 5.32 Å². The number of anilines is 1. The summed E-state index contributed by atoms with van der Waals surface area (Å²) in [4.78, 5) is 12.9. The van der Waals surface area contributed by atoms with E-state index in [1.165, 1.54) is 12.1 Å². The number of carbonyl (C=O) groups is 1. The highest BCUT2D eigenvalue weighted by atomic mass is 32.1. The minimum atomic E-state index is -4.41. The van der Waals surface area contributed by atoms with Crippen molar-refractivity contribution in [3.8, 4) is 0 Å². The number of hydrogen-bond acceptors (Lipinski definition) is 2. The van der Waals surface area contributed by atoms with Gasteiger partial charge >= 0.3 is 6.18 Å². The highest BCUT2D eigenvalue weighted by Crippen LogP contribution is 2.30. The summed E-state index contributed by atoms with van der Waals surface area (Å²) in [5, 5.41) is 6.48. The molecule has 1 atom stereocenters. The average Bonchev–Trinajstić information content (AvgIpc) is 2.90.